The van der Waals surface area contributed by atoms with Gasteiger partial charge in [-0.2, -0.15) is 8.42 Å². The molecule has 0 N–H and O–H groups in total. The highest BCUT2D eigenvalue weighted by atomic mass is 32.2. The molecule has 1 aromatic rings. The van der Waals surface area contributed by atoms with Gasteiger partial charge < -0.3 is 4.57 Å². The zero-order valence-electron chi connectivity index (χ0n) is 8.65. The van der Waals surface area contributed by atoms with Crippen LogP contribution in [0.3, 0.4) is 0 Å². The minimum Gasteiger partial charge on any atom is -0.348 e. The van der Waals surface area contributed by atoms with Crippen LogP contribution in [0.15, 0.2) is 12.1 Å². The molecule has 0 saturated carbocycles. The third-order valence-electron chi connectivity index (χ3n) is 2.24. The van der Waals surface area contributed by atoms with Gasteiger partial charge >= 0.3 is 0 Å². The second kappa shape index (κ2) is 4.14. The fourth-order valence-electron chi connectivity index (χ4n) is 1.34. The number of aryl methyl sites for hydroxylation is 2. The highest BCUT2D eigenvalue weighted by molar-refractivity contribution is 7.86. The van der Waals surface area contributed by atoms with Crippen LogP contribution in [0.25, 0.3) is 0 Å². The van der Waals surface area contributed by atoms with Gasteiger partial charge in [0.2, 0.25) is 0 Å². The van der Waals surface area contributed by atoms with E-state index in [-0.39, 0.29) is 5.75 Å². The Morgan fingerprint density at radius 3 is 2.21 bits per heavy atom. The first-order valence-corrected chi connectivity index (χ1v) is 5.95. The molecule has 0 unspecified atom stereocenters. The molecule has 0 spiro atoms. The molecule has 1 aromatic heterocycles. The highest BCUT2D eigenvalue weighted by Gasteiger charge is 2.10. The first kappa shape index (κ1) is 11.3. The summed E-state index contributed by atoms with van der Waals surface area (Å²) in [6.45, 7) is 4.35. The van der Waals surface area contributed by atoms with Gasteiger partial charge in [0, 0.05) is 17.9 Å². The van der Waals surface area contributed by atoms with E-state index < -0.39 is 10.1 Å². The van der Waals surface area contributed by atoms with Gasteiger partial charge in [-0.1, -0.05) is 0 Å². The van der Waals surface area contributed by atoms with Crippen molar-refractivity contribution < 1.29 is 12.6 Å². The third kappa shape index (κ3) is 2.59. The van der Waals surface area contributed by atoms with Crippen LogP contribution in [0, 0.1) is 13.8 Å². The topological polar surface area (TPSA) is 48.3 Å². The second-order valence-corrected chi connectivity index (χ2v) is 5.05. The van der Waals surface area contributed by atoms with Crippen LogP contribution in [0.5, 0.6) is 0 Å². The molecule has 0 aliphatic heterocycles. The minimum absolute atomic E-state index is 0.0137. The van der Waals surface area contributed by atoms with Crippen LogP contribution in [-0.2, 0) is 20.8 Å². The van der Waals surface area contributed by atoms with Gasteiger partial charge in [-0.25, -0.2) is 0 Å². The molecule has 5 heteroatoms. The largest absolute Gasteiger partial charge is 0.348 e. The molecule has 1 rings (SSSR count). The summed E-state index contributed by atoms with van der Waals surface area (Å²) >= 11 is 0. The fraction of sp³-hybridized carbons (Fsp3) is 0.556. The van der Waals surface area contributed by atoms with E-state index in [1.807, 2.05) is 30.5 Å². The van der Waals surface area contributed by atoms with Gasteiger partial charge in [-0.3, -0.25) is 4.18 Å². The molecule has 4 nitrogen and oxygen atoms in total. The molecule has 0 radical (unpaired) electrons. The summed E-state index contributed by atoms with van der Waals surface area (Å²) in [5.41, 5.74) is 2.13. The van der Waals surface area contributed by atoms with Crippen LogP contribution >= 0.6 is 0 Å². The number of aromatic nitrogens is 1. The summed E-state index contributed by atoms with van der Waals surface area (Å²) in [5.74, 6) is 0.0137. The SMILES string of the molecule is COS(=O)(=O)CCn1c(C)ccc1C. The van der Waals surface area contributed by atoms with Crippen molar-refractivity contribution in [2.45, 2.75) is 20.4 Å². The van der Waals surface area contributed by atoms with Gasteiger partial charge in [0.15, 0.2) is 0 Å². The van der Waals surface area contributed by atoms with Crippen molar-refractivity contribution in [2.24, 2.45) is 0 Å². The maximum atomic E-state index is 11.1. The van der Waals surface area contributed by atoms with Gasteiger partial charge in [0.25, 0.3) is 10.1 Å². The van der Waals surface area contributed by atoms with Crippen LogP contribution in [0.1, 0.15) is 11.4 Å². The summed E-state index contributed by atoms with van der Waals surface area (Å²) in [7, 11) is -2.16. The van der Waals surface area contributed by atoms with Crippen LogP contribution in [0.2, 0.25) is 0 Å². The summed E-state index contributed by atoms with van der Waals surface area (Å²) in [6, 6.07) is 3.93. The lowest BCUT2D eigenvalue weighted by Gasteiger charge is -2.08. The van der Waals surface area contributed by atoms with E-state index in [4.69, 9.17) is 0 Å². The average Bonchev–Trinajstić information content (AvgIpc) is 2.44. The standard InChI is InChI=1S/C9H15NO3S/c1-8-4-5-9(2)10(8)6-7-14(11,12)13-3/h4-5H,6-7H2,1-3H3. The van der Waals surface area contributed by atoms with Crippen molar-refractivity contribution in [3.05, 3.63) is 23.5 Å². The molecule has 0 fully saturated rings. The summed E-state index contributed by atoms with van der Waals surface area (Å²) in [5, 5.41) is 0. The molecule has 0 aliphatic carbocycles. The lowest BCUT2D eigenvalue weighted by atomic mass is 10.5. The van der Waals surface area contributed by atoms with E-state index in [1.54, 1.807) is 0 Å². The number of rotatable bonds is 4. The molecular weight excluding hydrogens is 202 g/mol. The molecule has 0 aliphatic rings. The van der Waals surface area contributed by atoms with E-state index in [0.29, 0.717) is 6.54 Å². The van der Waals surface area contributed by atoms with Crippen LogP contribution in [0.4, 0.5) is 0 Å². The minimum atomic E-state index is -3.35. The molecule has 1 heterocycles. The normalized spacial score (nSPS) is 11.9. The smallest absolute Gasteiger partial charge is 0.268 e. The summed E-state index contributed by atoms with van der Waals surface area (Å²) < 4.78 is 28.5. The molecule has 0 bridgehead atoms. The van der Waals surface area contributed by atoms with E-state index in [1.165, 1.54) is 7.11 Å². The first-order valence-electron chi connectivity index (χ1n) is 4.37. The van der Waals surface area contributed by atoms with Crippen LogP contribution < -0.4 is 0 Å². The van der Waals surface area contributed by atoms with Crippen molar-refractivity contribution in [2.75, 3.05) is 12.9 Å². The van der Waals surface area contributed by atoms with Crippen molar-refractivity contribution in [3.63, 3.8) is 0 Å². The van der Waals surface area contributed by atoms with E-state index in [9.17, 15) is 8.42 Å². The van der Waals surface area contributed by atoms with Gasteiger partial charge in [0.05, 0.1) is 12.9 Å². The molecule has 0 aromatic carbocycles. The van der Waals surface area contributed by atoms with E-state index in [0.717, 1.165) is 11.4 Å². The number of hydrogen-bond donors (Lipinski definition) is 0. The van der Waals surface area contributed by atoms with Crippen LogP contribution in [-0.4, -0.2) is 25.8 Å². The fourth-order valence-corrected chi connectivity index (χ4v) is 1.91. The van der Waals surface area contributed by atoms with Crippen molar-refractivity contribution in [1.82, 2.24) is 4.57 Å². The number of hydrogen-bond acceptors (Lipinski definition) is 3. The molecule has 0 saturated heterocycles. The van der Waals surface area contributed by atoms with Crippen molar-refractivity contribution in [1.29, 1.82) is 0 Å². The van der Waals surface area contributed by atoms with Crippen molar-refractivity contribution in [3.8, 4) is 0 Å². The Kier molecular flexibility index (Phi) is 3.34. The third-order valence-corrected chi connectivity index (χ3v) is 3.43. The number of nitrogens with zero attached hydrogens (tertiary/aromatic N) is 1. The highest BCUT2D eigenvalue weighted by Crippen LogP contribution is 2.07. The molecule has 0 amide bonds. The van der Waals surface area contributed by atoms with Gasteiger partial charge in [-0.05, 0) is 26.0 Å². The predicted octanol–water partition coefficient (Wildman–Crippen LogP) is 1.08. The van der Waals surface area contributed by atoms with E-state index in [2.05, 4.69) is 4.18 Å². The van der Waals surface area contributed by atoms with Gasteiger partial charge in [0.1, 0.15) is 0 Å². The molecule has 80 valence electrons. The first-order chi connectivity index (χ1) is 6.46. The molecular formula is C9H15NO3S. The van der Waals surface area contributed by atoms with Crippen molar-refractivity contribution >= 4 is 10.1 Å². The molecule has 0 atom stereocenters. The second-order valence-electron chi connectivity index (χ2n) is 3.20. The quantitative estimate of drug-likeness (QED) is 0.709. The van der Waals surface area contributed by atoms with E-state index >= 15 is 0 Å². The maximum absolute atomic E-state index is 11.1. The Labute approximate surface area is 84.6 Å². The zero-order chi connectivity index (χ0) is 10.8. The monoisotopic (exact) mass is 217 g/mol. The average molecular weight is 217 g/mol. The van der Waals surface area contributed by atoms with Gasteiger partial charge in [-0.15, -0.1) is 0 Å². The Bertz CT molecular complexity index is 386. The lowest BCUT2D eigenvalue weighted by molar-refractivity contribution is 0.395. The predicted molar refractivity (Wildman–Crippen MR) is 54.7 cm³/mol. The Morgan fingerprint density at radius 2 is 1.79 bits per heavy atom. The Hall–Kier alpha value is -0.810. The maximum Gasteiger partial charge on any atom is 0.268 e. The zero-order valence-corrected chi connectivity index (χ0v) is 9.47. The summed E-state index contributed by atoms with van der Waals surface area (Å²) in [4.78, 5) is 0. The Morgan fingerprint density at radius 1 is 1.29 bits per heavy atom. The Balaban J connectivity index is 2.72. The lowest BCUT2D eigenvalue weighted by Crippen LogP contribution is -2.15. The molecule has 14 heavy (non-hydrogen) atoms. The summed E-state index contributed by atoms with van der Waals surface area (Å²) in [6.07, 6.45) is 0.